The number of nitrogens with zero attached hydrogens (tertiary/aromatic N) is 1. The van der Waals surface area contributed by atoms with Gasteiger partial charge in [0.2, 0.25) is 5.91 Å². The number of amides is 1. The second-order valence-corrected chi connectivity index (χ2v) is 9.67. The molecule has 4 rings (SSSR count). The van der Waals surface area contributed by atoms with E-state index in [2.05, 4.69) is 5.32 Å². The van der Waals surface area contributed by atoms with Crippen LogP contribution in [0.25, 0.3) is 22.0 Å². The molecule has 0 aliphatic heterocycles. The van der Waals surface area contributed by atoms with Gasteiger partial charge in [-0.05, 0) is 62.6 Å². The Balaban J connectivity index is 1.71. The molecule has 2 aromatic heterocycles. The fourth-order valence-electron chi connectivity index (χ4n) is 4.23. The number of halogens is 1. The van der Waals surface area contributed by atoms with E-state index in [1.807, 2.05) is 45.0 Å². The SMILES string of the molecule is CCOC(=O)c1c(-c2ccc(Cl)cc2)csc1NC(=O)Cn1c(=O)cc(C)c2cc(C)cc(C)c21. The number of thiophene rings is 1. The van der Waals surface area contributed by atoms with Gasteiger partial charge in [-0.15, -0.1) is 11.3 Å². The first kappa shape index (κ1) is 24.7. The normalized spacial score (nSPS) is 11.0. The van der Waals surface area contributed by atoms with E-state index in [4.69, 9.17) is 16.3 Å². The van der Waals surface area contributed by atoms with Crippen LogP contribution in [0, 0.1) is 20.8 Å². The number of esters is 1. The van der Waals surface area contributed by atoms with E-state index in [0.29, 0.717) is 15.6 Å². The van der Waals surface area contributed by atoms with Gasteiger partial charge in [0.25, 0.3) is 5.56 Å². The number of fused-ring (bicyclic) bond motifs is 1. The van der Waals surface area contributed by atoms with E-state index in [9.17, 15) is 14.4 Å². The predicted octanol–water partition coefficient (Wildman–Crippen LogP) is 6.12. The van der Waals surface area contributed by atoms with E-state index in [-0.39, 0.29) is 24.3 Å². The van der Waals surface area contributed by atoms with Gasteiger partial charge < -0.3 is 10.1 Å². The van der Waals surface area contributed by atoms with Crippen molar-refractivity contribution in [3.8, 4) is 11.1 Å². The number of aromatic nitrogens is 1. The Morgan fingerprint density at radius 3 is 2.46 bits per heavy atom. The minimum atomic E-state index is -0.529. The first-order valence-corrected chi connectivity index (χ1v) is 12.4. The summed E-state index contributed by atoms with van der Waals surface area (Å²) in [5, 5.41) is 6.51. The Labute approximate surface area is 212 Å². The summed E-state index contributed by atoms with van der Waals surface area (Å²) in [6.07, 6.45) is 0. The summed E-state index contributed by atoms with van der Waals surface area (Å²) in [7, 11) is 0. The molecular formula is C27H25ClN2O4S. The van der Waals surface area contributed by atoms with Gasteiger partial charge in [0.05, 0.1) is 12.1 Å². The number of carbonyl (C=O) groups is 2. The Hall–Kier alpha value is -3.42. The van der Waals surface area contributed by atoms with Crippen LogP contribution in [0.2, 0.25) is 5.02 Å². The third-order valence-electron chi connectivity index (χ3n) is 5.73. The molecular weight excluding hydrogens is 484 g/mol. The highest BCUT2D eigenvalue weighted by atomic mass is 35.5. The average Bonchev–Trinajstić information content (AvgIpc) is 3.20. The third kappa shape index (κ3) is 5.01. The molecule has 1 amide bonds. The molecule has 0 aliphatic rings. The van der Waals surface area contributed by atoms with Crippen LogP contribution in [0.5, 0.6) is 0 Å². The molecule has 2 aromatic carbocycles. The fourth-order valence-corrected chi connectivity index (χ4v) is 5.33. The molecule has 0 saturated heterocycles. The first-order valence-electron chi connectivity index (χ1n) is 11.2. The zero-order valence-corrected chi connectivity index (χ0v) is 21.5. The highest BCUT2D eigenvalue weighted by molar-refractivity contribution is 7.15. The van der Waals surface area contributed by atoms with Crippen molar-refractivity contribution in [1.29, 1.82) is 0 Å². The molecule has 35 heavy (non-hydrogen) atoms. The van der Waals surface area contributed by atoms with Crippen molar-refractivity contribution in [2.24, 2.45) is 0 Å². The maximum atomic E-state index is 13.1. The van der Waals surface area contributed by atoms with Crippen LogP contribution in [0.15, 0.2) is 52.6 Å². The standard InChI is InChI=1S/C27H25ClN2O4S/c1-5-34-27(33)24-21(18-6-8-19(28)9-7-18)14-35-26(24)29-22(31)13-30-23(32)12-16(3)20-11-15(2)10-17(4)25(20)30/h6-12,14H,5,13H2,1-4H3,(H,29,31). The van der Waals surface area contributed by atoms with Crippen molar-refractivity contribution in [3.63, 3.8) is 0 Å². The van der Waals surface area contributed by atoms with Gasteiger partial charge >= 0.3 is 5.97 Å². The minimum Gasteiger partial charge on any atom is -0.462 e. The van der Waals surface area contributed by atoms with Gasteiger partial charge in [-0.2, -0.15) is 0 Å². The summed E-state index contributed by atoms with van der Waals surface area (Å²) in [6.45, 7) is 7.56. The second-order valence-electron chi connectivity index (χ2n) is 8.36. The lowest BCUT2D eigenvalue weighted by Crippen LogP contribution is -2.28. The molecule has 0 bridgehead atoms. The summed E-state index contributed by atoms with van der Waals surface area (Å²) in [4.78, 5) is 38.8. The summed E-state index contributed by atoms with van der Waals surface area (Å²) in [5.41, 5.74) is 5.04. The quantitative estimate of drug-likeness (QED) is 0.318. The Bertz CT molecular complexity index is 1500. The number of carbonyl (C=O) groups excluding carboxylic acids is 2. The number of aryl methyl sites for hydroxylation is 3. The van der Waals surface area contributed by atoms with Gasteiger partial charge in [0.15, 0.2) is 0 Å². The van der Waals surface area contributed by atoms with E-state index < -0.39 is 11.9 Å². The van der Waals surface area contributed by atoms with Gasteiger partial charge in [-0.25, -0.2) is 4.79 Å². The van der Waals surface area contributed by atoms with Gasteiger partial charge in [0, 0.05) is 27.4 Å². The summed E-state index contributed by atoms with van der Waals surface area (Å²) >= 11 is 7.24. The van der Waals surface area contributed by atoms with Crippen LogP contribution >= 0.6 is 22.9 Å². The largest absolute Gasteiger partial charge is 0.462 e. The molecule has 8 heteroatoms. The molecule has 0 fully saturated rings. The van der Waals surface area contributed by atoms with E-state index in [1.165, 1.54) is 15.9 Å². The Morgan fingerprint density at radius 1 is 1.06 bits per heavy atom. The number of pyridine rings is 1. The number of rotatable bonds is 6. The van der Waals surface area contributed by atoms with Crippen molar-refractivity contribution in [2.75, 3.05) is 11.9 Å². The summed E-state index contributed by atoms with van der Waals surface area (Å²) in [5.74, 6) is -0.939. The molecule has 2 heterocycles. The van der Waals surface area contributed by atoms with Crippen LogP contribution in [0.3, 0.4) is 0 Å². The number of anilines is 1. The van der Waals surface area contributed by atoms with Gasteiger partial charge in [-0.1, -0.05) is 35.4 Å². The smallest absolute Gasteiger partial charge is 0.341 e. The Kier molecular flexibility index (Phi) is 7.10. The molecule has 1 N–H and O–H groups in total. The van der Waals surface area contributed by atoms with Gasteiger partial charge in [-0.3, -0.25) is 14.2 Å². The van der Waals surface area contributed by atoms with Crippen molar-refractivity contribution in [1.82, 2.24) is 4.57 Å². The van der Waals surface area contributed by atoms with Gasteiger partial charge in [0.1, 0.15) is 17.1 Å². The molecule has 0 aliphatic carbocycles. The maximum absolute atomic E-state index is 13.1. The molecule has 4 aromatic rings. The van der Waals surface area contributed by atoms with Crippen molar-refractivity contribution in [2.45, 2.75) is 34.2 Å². The third-order valence-corrected chi connectivity index (χ3v) is 6.87. The molecule has 0 atom stereocenters. The number of hydrogen-bond donors (Lipinski definition) is 1. The average molecular weight is 509 g/mol. The molecule has 6 nitrogen and oxygen atoms in total. The first-order chi connectivity index (χ1) is 16.7. The zero-order valence-electron chi connectivity index (χ0n) is 19.9. The van der Waals surface area contributed by atoms with Crippen LogP contribution in [0.1, 0.15) is 34.0 Å². The van der Waals surface area contributed by atoms with E-state index >= 15 is 0 Å². The molecule has 180 valence electrons. The number of ether oxygens (including phenoxy) is 1. The summed E-state index contributed by atoms with van der Waals surface area (Å²) < 4.78 is 6.74. The highest BCUT2D eigenvalue weighted by Gasteiger charge is 2.23. The lowest BCUT2D eigenvalue weighted by molar-refractivity contribution is -0.116. The fraction of sp³-hybridized carbons (Fsp3) is 0.222. The summed E-state index contributed by atoms with van der Waals surface area (Å²) in [6, 6.07) is 12.6. The monoisotopic (exact) mass is 508 g/mol. The second kappa shape index (κ2) is 10.1. The lowest BCUT2D eigenvalue weighted by atomic mass is 10.0. The highest BCUT2D eigenvalue weighted by Crippen LogP contribution is 2.36. The minimum absolute atomic E-state index is 0.185. The topological polar surface area (TPSA) is 77.4 Å². The van der Waals surface area contributed by atoms with Crippen molar-refractivity contribution >= 4 is 50.7 Å². The van der Waals surface area contributed by atoms with Crippen LogP contribution in [-0.2, 0) is 16.1 Å². The predicted molar refractivity (Wildman–Crippen MR) is 142 cm³/mol. The van der Waals surface area contributed by atoms with E-state index in [1.54, 1.807) is 30.5 Å². The lowest BCUT2D eigenvalue weighted by Gasteiger charge is -2.15. The van der Waals surface area contributed by atoms with E-state index in [0.717, 1.165) is 33.2 Å². The van der Waals surface area contributed by atoms with Crippen LogP contribution in [0.4, 0.5) is 5.00 Å². The zero-order chi connectivity index (χ0) is 25.3. The molecule has 0 radical (unpaired) electrons. The molecule has 0 unspecified atom stereocenters. The molecule has 0 spiro atoms. The van der Waals surface area contributed by atoms with Crippen molar-refractivity contribution < 1.29 is 14.3 Å². The number of hydrogen-bond acceptors (Lipinski definition) is 5. The van der Waals surface area contributed by atoms with Crippen LogP contribution < -0.4 is 10.9 Å². The molecule has 0 saturated carbocycles. The van der Waals surface area contributed by atoms with Crippen LogP contribution in [-0.4, -0.2) is 23.1 Å². The van der Waals surface area contributed by atoms with Crippen molar-refractivity contribution in [3.05, 3.63) is 85.5 Å². The maximum Gasteiger partial charge on any atom is 0.341 e. The number of benzene rings is 2. The number of nitrogens with one attached hydrogen (secondary N) is 1. The Morgan fingerprint density at radius 2 is 1.77 bits per heavy atom.